The van der Waals surface area contributed by atoms with Crippen molar-refractivity contribution < 1.29 is 9.53 Å². The molecule has 0 unspecified atom stereocenters. The molecular weight excluding hydrogens is 338 g/mol. The van der Waals surface area contributed by atoms with E-state index >= 15 is 0 Å². The minimum Gasteiger partial charge on any atom is -0.378 e. The molecular formula is C19H22ClN3O2. The van der Waals surface area contributed by atoms with E-state index in [1.165, 1.54) is 0 Å². The number of morpholine rings is 1. The highest BCUT2D eigenvalue weighted by Gasteiger charge is 2.15. The van der Waals surface area contributed by atoms with Crippen LogP contribution >= 0.6 is 11.6 Å². The molecule has 0 spiro atoms. The summed E-state index contributed by atoms with van der Waals surface area (Å²) in [7, 11) is 0. The predicted octanol–water partition coefficient (Wildman–Crippen LogP) is 3.54. The Balaban J connectivity index is 1.64. The zero-order valence-electron chi connectivity index (χ0n) is 14.2. The van der Waals surface area contributed by atoms with Crippen molar-refractivity contribution >= 4 is 34.6 Å². The molecule has 0 radical (unpaired) electrons. The van der Waals surface area contributed by atoms with Gasteiger partial charge in [0.2, 0.25) is 5.91 Å². The maximum absolute atomic E-state index is 12.4. The Morgan fingerprint density at radius 1 is 1.16 bits per heavy atom. The first kappa shape index (κ1) is 17.6. The number of halogens is 1. The third-order valence-electron chi connectivity index (χ3n) is 4.17. The highest BCUT2D eigenvalue weighted by atomic mass is 35.5. The van der Waals surface area contributed by atoms with Gasteiger partial charge in [-0.25, -0.2) is 0 Å². The fourth-order valence-electron chi connectivity index (χ4n) is 2.81. The van der Waals surface area contributed by atoms with Crippen molar-refractivity contribution in [2.45, 2.75) is 6.92 Å². The van der Waals surface area contributed by atoms with Gasteiger partial charge in [-0.05, 0) is 36.8 Å². The molecule has 0 bridgehead atoms. The molecule has 2 aromatic carbocycles. The molecule has 5 nitrogen and oxygen atoms in total. The third-order valence-corrected chi connectivity index (χ3v) is 4.40. The average molecular weight is 360 g/mol. The first-order valence-electron chi connectivity index (χ1n) is 8.35. The molecule has 2 N–H and O–H groups in total. The third kappa shape index (κ3) is 4.65. The van der Waals surface area contributed by atoms with Crippen LogP contribution in [0, 0.1) is 6.92 Å². The lowest BCUT2D eigenvalue weighted by molar-refractivity contribution is -0.114. The van der Waals surface area contributed by atoms with Crippen molar-refractivity contribution in [1.29, 1.82) is 0 Å². The number of amides is 1. The molecule has 0 aliphatic carbocycles. The van der Waals surface area contributed by atoms with Crippen molar-refractivity contribution in [3.05, 3.63) is 53.1 Å². The van der Waals surface area contributed by atoms with Gasteiger partial charge in [-0.1, -0.05) is 29.8 Å². The van der Waals surface area contributed by atoms with E-state index in [0.29, 0.717) is 18.2 Å². The van der Waals surface area contributed by atoms with Crippen LogP contribution in [0.4, 0.5) is 17.1 Å². The summed E-state index contributed by atoms with van der Waals surface area (Å²) in [5, 5.41) is 6.78. The van der Waals surface area contributed by atoms with Gasteiger partial charge in [0.25, 0.3) is 0 Å². The van der Waals surface area contributed by atoms with Crippen LogP contribution in [0.2, 0.25) is 5.02 Å². The molecule has 25 heavy (non-hydrogen) atoms. The van der Waals surface area contributed by atoms with Crippen molar-refractivity contribution in [3.63, 3.8) is 0 Å². The van der Waals surface area contributed by atoms with Gasteiger partial charge in [0.1, 0.15) is 0 Å². The summed E-state index contributed by atoms with van der Waals surface area (Å²) in [6.45, 7) is 5.22. The van der Waals surface area contributed by atoms with Crippen LogP contribution in [-0.2, 0) is 9.53 Å². The van der Waals surface area contributed by atoms with E-state index < -0.39 is 0 Å². The van der Waals surface area contributed by atoms with Gasteiger partial charge < -0.3 is 20.3 Å². The highest BCUT2D eigenvalue weighted by molar-refractivity contribution is 6.30. The molecule has 132 valence electrons. The number of aryl methyl sites for hydroxylation is 1. The summed E-state index contributed by atoms with van der Waals surface area (Å²) in [4.78, 5) is 14.6. The summed E-state index contributed by atoms with van der Waals surface area (Å²) in [6.07, 6.45) is 0. The monoisotopic (exact) mass is 359 g/mol. The van der Waals surface area contributed by atoms with Crippen LogP contribution in [0.15, 0.2) is 42.5 Å². The molecule has 2 aromatic rings. The number of hydrogen-bond acceptors (Lipinski definition) is 4. The van der Waals surface area contributed by atoms with Crippen molar-refractivity contribution in [3.8, 4) is 0 Å². The summed E-state index contributed by atoms with van der Waals surface area (Å²) >= 11 is 6.01. The number of carbonyl (C=O) groups excluding carboxylic acids is 1. The van der Waals surface area contributed by atoms with E-state index in [2.05, 4.69) is 15.5 Å². The number of carbonyl (C=O) groups is 1. The van der Waals surface area contributed by atoms with Gasteiger partial charge in [-0.15, -0.1) is 0 Å². The summed E-state index contributed by atoms with van der Waals surface area (Å²) in [6, 6.07) is 13.4. The van der Waals surface area contributed by atoms with Gasteiger partial charge in [-0.2, -0.15) is 0 Å². The van der Waals surface area contributed by atoms with Gasteiger partial charge in [0.15, 0.2) is 0 Å². The highest BCUT2D eigenvalue weighted by Crippen LogP contribution is 2.26. The second kappa shape index (κ2) is 8.23. The average Bonchev–Trinajstić information content (AvgIpc) is 2.64. The van der Waals surface area contributed by atoms with Crippen LogP contribution < -0.4 is 15.5 Å². The van der Waals surface area contributed by atoms with Gasteiger partial charge in [-0.3, -0.25) is 4.79 Å². The molecule has 1 aliphatic rings. The molecule has 0 aromatic heterocycles. The van der Waals surface area contributed by atoms with Crippen molar-refractivity contribution in [1.82, 2.24) is 0 Å². The zero-order valence-corrected chi connectivity index (χ0v) is 15.0. The molecule has 0 saturated carbocycles. The maximum Gasteiger partial charge on any atom is 0.243 e. The fourth-order valence-corrected chi connectivity index (χ4v) is 2.99. The molecule has 1 saturated heterocycles. The first-order chi connectivity index (χ1) is 12.1. The lowest BCUT2D eigenvalue weighted by Crippen LogP contribution is -2.37. The lowest BCUT2D eigenvalue weighted by atomic mass is 10.2. The van der Waals surface area contributed by atoms with E-state index in [9.17, 15) is 4.79 Å². The number of hydrogen-bond donors (Lipinski definition) is 2. The fraction of sp³-hybridized carbons (Fsp3) is 0.316. The van der Waals surface area contributed by atoms with Crippen LogP contribution in [0.1, 0.15) is 5.56 Å². The SMILES string of the molecule is Cc1ccc(Cl)cc1NCC(=O)Nc1ccccc1N1CCOCC1. The summed E-state index contributed by atoms with van der Waals surface area (Å²) < 4.78 is 5.40. The van der Waals surface area contributed by atoms with Crippen LogP contribution in [0.25, 0.3) is 0 Å². The normalized spacial score (nSPS) is 14.2. The molecule has 1 fully saturated rings. The Bertz CT molecular complexity index is 745. The predicted molar refractivity (Wildman–Crippen MR) is 103 cm³/mol. The van der Waals surface area contributed by atoms with E-state index in [1.807, 2.05) is 49.4 Å². The minimum atomic E-state index is -0.0971. The first-order valence-corrected chi connectivity index (χ1v) is 8.73. The molecule has 0 atom stereocenters. The largest absolute Gasteiger partial charge is 0.378 e. The number of benzene rings is 2. The Labute approximate surface area is 152 Å². The van der Waals surface area contributed by atoms with Gasteiger partial charge >= 0.3 is 0 Å². The Morgan fingerprint density at radius 3 is 2.72 bits per heavy atom. The van der Waals surface area contributed by atoms with Crippen LogP contribution in [0.3, 0.4) is 0 Å². The smallest absolute Gasteiger partial charge is 0.243 e. The Kier molecular flexibility index (Phi) is 5.79. The number of ether oxygens (including phenoxy) is 1. The number of nitrogens with zero attached hydrogens (tertiary/aromatic N) is 1. The zero-order chi connectivity index (χ0) is 17.6. The summed E-state index contributed by atoms with van der Waals surface area (Å²) in [5.41, 5.74) is 3.76. The maximum atomic E-state index is 12.4. The van der Waals surface area contributed by atoms with Gasteiger partial charge in [0, 0.05) is 23.8 Å². The Morgan fingerprint density at radius 2 is 1.92 bits per heavy atom. The standard InChI is InChI=1S/C19H22ClN3O2/c1-14-6-7-15(20)12-17(14)21-13-19(24)22-16-4-2-3-5-18(16)23-8-10-25-11-9-23/h2-7,12,21H,8-11,13H2,1H3,(H,22,24). The second-order valence-corrected chi connectivity index (χ2v) is 6.41. The van der Waals surface area contributed by atoms with Crippen LogP contribution in [0.5, 0.6) is 0 Å². The second-order valence-electron chi connectivity index (χ2n) is 5.98. The van der Waals surface area contributed by atoms with E-state index in [0.717, 1.165) is 35.7 Å². The molecule has 1 amide bonds. The van der Waals surface area contributed by atoms with Crippen LogP contribution in [-0.4, -0.2) is 38.8 Å². The van der Waals surface area contributed by atoms with Crippen molar-refractivity contribution in [2.24, 2.45) is 0 Å². The van der Waals surface area contributed by atoms with E-state index in [1.54, 1.807) is 0 Å². The molecule has 1 heterocycles. The Hall–Kier alpha value is -2.24. The van der Waals surface area contributed by atoms with Gasteiger partial charge in [0.05, 0.1) is 31.1 Å². The van der Waals surface area contributed by atoms with Crippen molar-refractivity contribution in [2.75, 3.05) is 48.4 Å². The molecule has 3 rings (SSSR count). The number of anilines is 3. The molecule has 1 aliphatic heterocycles. The topological polar surface area (TPSA) is 53.6 Å². The van der Waals surface area contributed by atoms with E-state index in [4.69, 9.17) is 16.3 Å². The lowest BCUT2D eigenvalue weighted by Gasteiger charge is -2.30. The molecule has 6 heteroatoms. The summed E-state index contributed by atoms with van der Waals surface area (Å²) in [5.74, 6) is -0.0971. The number of nitrogens with one attached hydrogen (secondary N) is 2. The number of rotatable bonds is 5. The number of para-hydroxylation sites is 2. The quantitative estimate of drug-likeness (QED) is 0.857. The minimum absolute atomic E-state index is 0.0971. The van der Waals surface area contributed by atoms with E-state index in [-0.39, 0.29) is 12.5 Å².